The van der Waals surface area contributed by atoms with Gasteiger partial charge >= 0.3 is 0 Å². The van der Waals surface area contributed by atoms with Crippen LogP contribution < -0.4 is 4.74 Å². The van der Waals surface area contributed by atoms with Gasteiger partial charge in [-0.15, -0.1) is 11.3 Å². The Morgan fingerprint density at radius 1 is 1.39 bits per heavy atom. The van der Waals surface area contributed by atoms with E-state index in [0.717, 1.165) is 23.4 Å². The predicted octanol–water partition coefficient (Wildman–Crippen LogP) is 3.25. The fraction of sp³-hybridized carbons (Fsp3) is 0.286. The van der Waals surface area contributed by atoms with Crippen LogP contribution in [0.2, 0.25) is 0 Å². The number of ether oxygens (including phenoxy) is 1. The smallest absolute Gasteiger partial charge is 0.123 e. The number of aromatic nitrogens is 1. The van der Waals surface area contributed by atoms with Crippen LogP contribution in [0.3, 0.4) is 0 Å². The lowest BCUT2D eigenvalue weighted by Gasteiger charge is -2.08. The van der Waals surface area contributed by atoms with Crippen molar-refractivity contribution in [1.29, 1.82) is 5.26 Å². The minimum absolute atomic E-state index is 0.610. The molecular weight excluding hydrogens is 244 g/mol. The highest BCUT2D eigenvalue weighted by atomic mass is 32.1. The Labute approximate surface area is 111 Å². The summed E-state index contributed by atoms with van der Waals surface area (Å²) in [5, 5.41) is 8.85. The minimum atomic E-state index is 0.610. The summed E-state index contributed by atoms with van der Waals surface area (Å²) in [4.78, 5) is 5.46. The Morgan fingerprint density at radius 2 is 2.22 bits per heavy atom. The van der Waals surface area contributed by atoms with Gasteiger partial charge in [-0.3, -0.25) is 0 Å². The van der Waals surface area contributed by atoms with E-state index in [0.29, 0.717) is 12.2 Å². The Balaban J connectivity index is 1.98. The van der Waals surface area contributed by atoms with E-state index in [2.05, 4.69) is 11.1 Å². The third-order valence-corrected chi connectivity index (χ3v) is 3.74. The molecule has 0 fully saturated rings. The van der Waals surface area contributed by atoms with Gasteiger partial charge in [-0.1, -0.05) is 6.07 Å². The van der Waals surface area contributed by atoms with Crippen molar-refractivity contribution < 1.29 is 4.74 Å². The molecule has 1 heterocycles. The molecule has 0 unspecified atom stereocenters. The largest absolute Gasteiger partial charge is 0.493 e. The number of hydrogen-bond donors (Lipinski definition) is 0. The van der Waals surface area contributed by atoms with Crippen molar-refractivity contribution in [3.8, 4) is 11.8 Å². The molecule has 4 heteroatoms. The van der Waals surface area contributed by atoms with E-state index in [1.807, 2.05) is 25.4 Å². The van der Waals surface area contributed by atoms with Crippen molar-refractivity contribution in [2.75, 3.05) is 6.61 Å². The van der Waals surface area contributed by atoms with Crippen LogP contribution in [0.1, 0.15) is 21.7 Å². The van der Waals surface area contributed by atoms with Crippen molar-refractivity contribution in [1.82, 2.24) is 4.98 Å². The van der Waals surface area contributed by atoms with E-state index in [1.165, 1.54) is 4.88 Å². The first kappa shape index (κ1) is 12.6. The minimum Gasteiger partial charge on any atom is -0.493 e. The number of benzene rings is 1. The second kappa shape index (κ2) is 5.65. The molecule has 0 bridgehead atoms. The van der Waals surface area contributed by atoms with Crippen LogP contribution in [0, 0.1) is 25.2 Å². The second-order valence-electron chi connectivity index (χ2n) is 4.05. The Hall–Kier alpha value is -1.86. The third kappa shape index (κ3) is 2.88. The number of nitriles is 1. The highest BCUT2D eigenvalue weighted by Crippen LogP contribution is 2.20. The summed E-state index contributed by atoms with van der Waals surface area (Å²) in [6.07, 6.45) is 0.854. The van der Waals surface area contributed by atoms with Gasteiger partial charge in [0.2, 0.25) is 0 Å². The second-order valence-corrected chi connectivity index (χ2v) is 4.99. The normalized spacial score (nSPS) is 10.1. The molecule has 0 aliphatic heterocycles. The molecule has 1 aromatic carbocycles. The number of rotatable bonds is 4. The monoisotopic (exact) mass is 258 g/mol. The van der Waals surface area contributed by atoms with Crippen LogP contribution in [0.15, 0.2) is 23.7 Å². The van der Waals surface area contributed by atoms with E-state index in [1.54, 1.807) is 23.5 Å². The Morgan fingerprint density at radius 3 is 2.89 bits per heavy atom. The molecule has 0 saturated heterocycles. The summed E-state index contributed by atoms with van der Waals surface area (Å²) in [6, 6.07) is 7.62. The summed E-state index contributed by atoms with van der Waals surface area (Å²) in [5.74, 6) is 0.788. The highest BCUT2D eigenvalue weighted by molar-refractivity contribution is 7.09. The standard InChI is InChI=1S/C14H14N2OS/c1-10-3-4-12(8-15)7-13(10)17-6-5-14-11(2)16-9-18-14/h3-4,7,9H,5-6H2,1-2H3. The summed E-state index contributed by atoms with van der Waals surface area (Å²) in [7, 11) is 0. The van der Waals surface area contributed by atoms with Gasteiger partial charge in [-0.25, -0.2) is 4.98 Å². The van der Waals surface area contributed by atoms with Crippen molar-refractivity contribution in [2.45, 2.75) is 20.3 Å². The van der Waals surface area contributed by atoms with Gasteiger partial charge in [0.1, 0.15) is 5.75 Å². The zero-order chi connectivity index (χ0) is 13.0. The van der Waals surface area contributed by atoms with Crippen molar-refractivity contribution in [3.63, 3.8) is 0 Å². The predicted molar refractivity (Wildman–Crippen MR) is 71.9 cm³/mol. The molecule has 0 aliphatic carbocycles. The molecule has 1 aromatic heterocycles. The fourth-order valence-corrected chi connectivity index (χ4v) is 2.41. The molecule has 0 atom stereocenters. The first-order valence-corrected chi connectivity index (χ1v) is 6.61. The van der Waals surface area contributed by atoms with Gasteiger partial charge in [0.25, 0.3) is 0 Å². The van der Waals surface area contributed by atoms with E-state index >= 15 is 0 Å². The van der Waals surface area contributed by atoms with Crippen LogP contribution in [-0.2, 0) is 6.42 Å². The molecular formula is C14H14N2OS. The zero-order valence-corrected chi connectivity index (χ0v) is 11.3. The zero-order valence-electron chi connectivity index (χ0n) is 10.4. The molecule has 0 radical (unpaired) electrons. The molecule has 0 spiro atoms. The number of thiazole rings is 1. The van der Waals surface area contributed by atoms with Crippen LogP contribution >= 0.6 is 11.3 Å². The topological polar surface area (TPSA) is 45.9 Å². The van der Waals surface area contributed by atoms with E-state index in [9.17, 15) is 0 Å². The van der Waals surface area contributed by atoms with Crippen LogP contribution in [-0.4, -0.2) is 11.6 Å². The fourth-order valence-electron chi connectivity index (χ4n) is 1.64. The van der Waals surface area contributed by atoms with Gasteiger partial charge < -0.3 is 4.74 Å². The summed E-state index contributed by atoms with van der Waals surface area (Å²) >= 11 is 1.65. The van der Waals surface area contributed by atoms with Gasteiger partial charge in [-0.05, 0) is 31.5 Å². The maximum atomic E-state index is 8.85. The van der Waals surface area contributed by atoms with E-state index in [-0.39, 0.29) is 0 Å². The Bertz CT molecular complexity index is 584. The summed E-state index contributed by atoms with van der Waals surface area (Å²) in [6.45, 7) is 4.60. The van der Waals surface area contributed by atoms with Gasteiger partial charge in [0, 0.05) is 11.3 Å². The number of aryl methyl sites for hydroxylation is 2. The summed E-state index contributed by atoms with van der Waals surface area (Å²) in [5.41, 5.74) is 4.61. The molecule has 0 saturated carbocycles. The SMILES string of the molecule is Cc1ccc(C#N)cc1OCCc1scnc1C. The lowest BCUT2D eigenvalue weighted by molar-refractivity contribution is 0.320. The van der Waals surface area contributed by atoms with Crippen molar-refractivity contribution in [3.05, 3.63) is 45.4 Å². The van der Waals surface area contributed by atoms with Gasteiger partial charge in [-0.2, -0.15) is 5.26 Å². The average Bonchev–Trinajstić information content (AvgIpc) is 2.77. The molecule has 92 valence electrons. The maximum Gasteiger partial charge on any atom is 0.123 e. The van der Waals surface area contributed by atoms with Crippen molar-refractivity contribution >= 4 is 11.3 Å². The molecule has 3 nitrogen and oxygen atoms in total. The van der Waals surface area contributed by atoms with Crippen LogP contribution in [0.5, 0.6) is 5.75 Å². The van der Waals surface area contributed by atoms with Crippen molar-refractivity contribution in [2.24, 2.45) is 0 Å². The molecule has 0 N–H and O–H groups in total. The number of hydrogen-bond acceptors (Lipinski definition) is 4. The first-order chi connectivity index (χ1) is 8.70. The molecule has 0 amide bonds. The quantitative estimate of drug-likeness (QED) is 0.845. The molecule has 0 aliphatic rings. The number of nitrogens with zero attached hydrogens (tertiary/aromatic N) is 2. The maximum absolute atomic E-state index is 8.85. The van der Waals surface area contributed by atoms with E-state index in [4.69, 9.17) is 10.00 Å². The van der Waals surface area contributed by atoms with Gasteiger partial charge in [0.05, 0.1) is 29.4 Å². The van der Waals surface area contributed by atoms with E-state index < -0.39 is 0 Å². The third-order valence-electron chi connectivity index (χ3n) is 2.75. The first-order valence-electron chi connectivity index (χ1n) is 5.73. The average molecular weight is 258 g/mol. The highest BCUT2D eigenvalue weighted by Gasteiger charge is 2.04. The van der Waals surface area contributed by atoms with Crippen LogP contribution in [0.4, 0.5) is 0 Å². The molecule has 2 rings (SSSR count). The lowest BCUT2D eigenvalue weighted by atomic mass is 10.1. The summed E-state index contributed by atoms with van der Waals surface area (Å²) < 4.78 is 5.74. The molecule has 18 heavy (non-hydrogen) atoms. The van der Waals surface area contributed by atoms with Gasteiger partial charge in [0.15, 0.2) is 0 Å². The molecule has 2 aromatic rings. The lowest BCUT2D eigenvalue weighted by Crippen LogP contribution is -2.02. The Kier molecular flexibility index (Phi) is 3.96. The van der Waals surface area contributed by atoms with Crippen LogP contribution in [0.25, 0.3) is 0 Å².